The molecular weight excluding hydrogens is 385 g/mol. The minimum absolute atomic E-state index is 0.165. The van der Waals surface area contributed by atoms with E-state index < -0.39 is 5.82 Å². The molecule has 0 radical (unpaired) electrons. The number of carbonyl (C=O) groups is 1. The maximum atomic E-state index is 14.5. The Kier molecular flexibility index (Phi) is 5.61. The Morgan fingerprint density at radius 1 is 1.20 bits per heavy atom. The van der Waals surface area contributed by atoms with E-state index in [0.717, 1.165) is 0 Å². The van der Waals surface area contributed by atoms with Crippen LogP contribution in [-0.2, 0) is 13.2 Å². The Labute approximate surface area is 172 Å². The van der Waals surface area contributed by atoms with Crippen molar-refractivity contribution in [2.75, 3.05) is 0 Å². The van der Waals surface area contributed by atoms with Crippen LogP contribution in [0.5, 0.6) is 5.75 Å². The summed E-state index contributed by atoms with van der Waals surface area (Å²) in [6, 6.07) is 15.8. The van der Waals surface area contributed by atoms with Crippen LogP contribution in [0, 0.1) is 12.7 Å². The summed E-state index contributed by atoms with van der Waals surface area (Å²) >= 11 is 0. The topological polar surface area (TPSA) is 69.3 Å². The predicted molar refractivity (Wildman–Crippen MR) is 109 cm³/mol. The first-order valence-electron chi connectivity index (χ1n) is 9.43. The molecule has 0 saturated carbocycles. The molecule has 4 aromatic rings. The number of halogens is 1. The summed E-state index contributed by atoms with van der Waals surface area (Å²) in [4.78, 5) is 16.6. The van der Waals surface area contributed by atoms with Crippen molar-refractivity contribution < 1.29 is 18.3 Å². The second kappa shape index (κ2) is 8.65. The van der Waals surface area contributed by atoms with Crippen LogP contribution in [0.2, 0.25) is 0 Å². The molecule has 0 spiro atoms. The summed E-state index contributed by atoms with van der Waals surface area (Å²) < 4.78 is 27.2. The minimum atomic E-state index is -0.391. The van der Waals surface area contributed by atoms with Crippen LogP contribution < -0.4 is 10.1 Å². The van der Waals surface area contributed by atoms with Crippen LogP contribution in [-0.4, -0.2) is 15.5 Å². The molecular formula is C23H20FN3O3. The molecule has 0 saturated heterocycles. The number of amides is 1. The van der Waals surface area contributed by atoms with Crippen molar-refractivity contribution in [3.05, 3.63) is 102 Å². The first kappa shape index (κ1) is 19.4. The summed E-state index contributed by atoms with van der Waals surface area (Å²) in [5.74, 6) is 0.795. The molecule has 2 aromatic heterocycles. The van der Waals surface area contributed by atoms with Gasteiger partial charge in [0.1, 0.15) is 24.0 Å². The molecule has 1 N–H and O–H groups in total. The number of para-hydroxylation sites is 1. The number of nitrogens with one attached hydrogen (secondary N) is 1. The summed E-state index contributed by atoms with van der Waals surface area (Å²) in [5, 5.41) is 2.76. The molecule has 1 amide bonds. The number of hydrogen-bond donors (Lipinski definition) is 1. The van der Waals surface area contributed by atoms with Crippen molar-refractivity contribution in [1.29, 1.82) is 0 Å². The second-order valence-corrected chi connectivity index (χ2v) is 6.69. The smallest absolute Gasteiger partial charge is 0.287 e. The van der Waals surface area contributed by atoms with E-state index >= 15 is 0 Å². The van der Waals surface area contributed by atoms with Crippen molar-refractivity contribution in [2.45, 2.75) is 20.1 Å². The van der Waals surface area contributed by atoms with Crippen LogP contribution in [0.4, 0.5) is 4.39 Å². The number of aryl methyl sites for hydroxylation is 1. The normalized spacial score (nSPS) is 10.7. The molecule has 6 nitrogen and oxygen atoms in total. The van der Waals surface area contributed by atoms with Gasteiger partial charge in [-0.1, -0.05) is 24.3 Å². The highest BCUT2D eigenvalue weighted by Gasteiger charge is 2.16. The van der Waals surface area contributed by atoms with E-state index in [2.05, 4.69) is 10.3 Å². The predicted octanol–water partition coefficient (Wildman–Crippen LogP) is 4.42. The van der Waals surface area contributed by atoms with Crippen molar-refractivity contribution >= 4 is 5.91 Å². The number of rotatable bonds is 7. The average molecular weight is 405 g/mol. The van der Waals surface area contributed by atoms with Crippen molar-refractivity contribution in [2.24, 2.45) is 0 Å². The Balaban J connectivity index is 1.39. The van der Waals surface area contributed by atoms with E-state index in [-0.39, 0.29) is 24.8 Å². The van der Waals surface area contributed by atoms with Crippen molar-refractivity contribution in [1.82, 2.24) is 14.9 Å². The molecule has 30 heavy (non-hydrogen) atoms. The lowest BCUT2D eigenvalue weighted by Gasteiger charge is -2.10. The average Bonchev–Trinajstić information content (AvgIpc) is 3.40. The number of furan rings is 1. The molecule has 2 heterocycles. The van der Waals surface area contributed by atoms with Crippen LogP contribution in [0.1, 0.15) is 27.5 Å². The first-order valence-corrected chi connectivity index (χ1v) is 9.43. The molecule has 0 aliphatic carbocycles. The summed E-state index contributed by atoms with van der Waals surface area (Å²) in [6.07, 6.45) is 4.76. The lowest BCUT2D eigenvalue weighted by Crippen LogP contribution is -2.23. The van der Waals surface area contributed by atoms with Gasteiger partial charge >= 0.3 is 0 Å². The summed E-state index contributed by atoms with van der Waals surface area (Å²) in [5.41, 5.74) is 1.68. The molecule has 0 atom stereocenters. The molecule has 0 aliphatic rings. The Morgan fingerprint density at radius 2 is 2.03 bits per heavy atom. The monoisotopic (exact) mass is 405 g/mol. The second-order valence-electron chi connectivity index (χ2n) is 6.69. The largest absolute Gasteiger partial charge is 0.489 e. The zero-order chi connectivity index (χ0) is 20.9. The molecule has 0 aliphatic heterocycles. The van der Waals surface area contributed by atoms with Gasteiger partial charge in [0.25, 0.3) is 5.91 Å². The maximum absolute atomic E-state index is 14.5. The van der Waals surface area contributed by atoms with E-state index in [9.17, 15) is 9.18 Å². The third-order valence-electron chi connectivity index (χ3n) is 4.64. The standard InChI is InChI=1S/C23H20FN3O3/c1-16-25-10-11-27(16)21-8-7-17(13-20(21)24)14-26-23(28)22-18(9-12-29-22)15-30-19-5-3-2-4-6-19/h2-13H,14-15H2,1H3,(H,26,28). The number of carbonyl (C=O) groups excluding carboxylic acids is 1. The fourth-order valence-electron chi connectivity index (χ4n) is 3.08. The minimum Gasteiger partial charge on any atom is -0.489 e. The van der Waals surface area contributed by atoms with Gasteiger partial charge in [-0.15, -0.1) is 0 Å². The molecule has 4 rings (SSSR count). The van der Waals surface area contributed by atoms with Gasteiger partial charge in [-0.05, 0) is 42.8 Å². The molecule has 152 valence electrons. The van der Waals surface area contributed by atoms with E-state index in [1.807, 2.05) is 30.3 Å². The Hall–Kier alpha value is -3.87. The highest BCUT2D eigenvalue weighted by Crippen LogP contribution is 2.18. The van der Waals surface area contributed by atoms with Crippen molar-refractivity contribution in [3.63, 3.8) is 0 Å². The lowest BCUT2D eigenvalue weighted by atomic mass is 10.2. The van der Waals surface area contributed by atoms with Crippen LogP contribution in [0.3, 0.4) is 0 Å². The first-order chi connectivity index (χ1) is 14.6. The van der Waals surface area contributed by atoms with E-state index in [0.29, 0.717) is 28.4 Å². The highest BCUT2D eigenvalue weighted by molar-refractivity contribution is 5.92. The molecule has 0 fully saturated rings. The van der Waals surface area contributed by atoms with Crippen LogP contribution in [0.15, 0.2) is 77.7 Å². The van der Waals surface area contributed by atoms with Crippen LogP contribution in [0.25, 0.3) is 5.69 Å². The molecule has 7 heteroatoms. The van der Waals surface area contributed by atoms with Gasteiger partial charge < -0.3 is 19.0 Å². The quantitative estimate of drug-likeness (QED) is 0.494. The van der Waals surface area contributed by atoms with E-state index in [1.165, 1.54) is 12.3 Å². The Bertz CT molecular complexity index is 1150. The zero-order valence-electron chi connectivity index (χ0n) is 16.3. The molecule has 0 bridgehead atoms. The third kappa shape index (κ3) is 4.25. The van der Waals surface area contributed by atoms with Gasteiger partial charge in [-0.3, -0.25) is 4.79 Å². The lowest BCUT2D eigenvalue weighted by molar-refractivity contribution is 0.0919. The molecule has 0 unspecified atom stereocenters. The number of ether oxygens (including phenoxy) is 1. The SMILES string of the molecule is Cc1nccn1-c1ccc(CNC(=O)c2occc2COc2ccccc2)cc1F. The summed E-state index contributed by atoms with van der Waals surface area (Å²) in [6.45, 7) is 2.17. The van der Waals surface area contributed by atoms with Gasteiger partial charge in [-0.2, -0.15) is 0 Å². The van der Waals surface area contributed by atoms with E-state index in [4.69, 9.17) is 9.15 Å². The Morgan fingerprint density at radius 3 is 2.77 bits per heavy atom. The highest BCUT2D eigenvalue weighted by atomic mass is 19.1. The van der Waals surface area contributed by atoms with Gasteiger partial charge in [0.05, 0.1) is 12.0 Å². The van der Waals surface area contributed by atoms with Gasteiger partial charge in [0, 0.05) is 24.5 Å². The summed E-state index contributed by atoms with van der Waals surface area (Å²) in [7, 11) is 0. The number of nitrogens with zero attached hydrogens (tertiary/aromatic N) is 2. The number of benzene rings is 2. The van der Waals surface area contributed by atoms with E-state index in [1.54, 1.807) is 42.1 Å². The zero-order valence-corrected chi connectivity index (χ0v) is 16.3. The van der Waals surface area contributed by atoms with Crippen LogP contribution >= 0.6 is 0 Å². The molecule has 2 aromatic carbocycles. The maximum Gasteiger partial charge on any atom is 0.287 e. The van der Waals surface area contributed by atoms with Gasteiger partial charge in [0.2, 0.25) is 0 Å². The third-order valence-corrected chi connectivity index (χ3v) is 4.64. The fraction of sp³-hybridized carbons (Fsp3) is 0.130. The van der Waals surface area contributed by atoms with Gasteiger partial charge in [-0.25, -0.2) is 9.37 Å². The fourth-order valence-corrected chi connectivity index (χ4v) is 3.08. The number of hydrogen-bond acceptors (Lipinski definition) is 4. The van der Waals surface area contributed by atoms with Crippen molar-refractivity contribution in [3.8, 4) is 11.4 Å². The number of aromatic nitrogens is 2. The van der Waals surface area contributed by atoms with Gasteiger partial charge in [0.15, 0.2) is 5.76 Å². The number of imidazole rings is 1.